The minimum atomic E-state index is -0.338. The van der Waals surface area contributed by atoms with Crippen molar-refractivity contribution < 1.29 is 4.79 Å². The molecular formula is C20H20N2O2. The lowest BCUT2D eigenvalue weighted by atomic mass is 10.1. The number of aryl methyl sites for hydroxylation is 2. The number of nitrogens with one attached hydrogen (secondary N) is 1. The third-order valence-corrected chi connectivity index (χ3v) is 4.12. The molecule has 0 aliphatic rings. The molecule has 0 unspecified atom stereocenters. The van der Waals surface area contributed by atoms with E-state index in [0.29, 0.717) is 18.5 Å². The first-order valence-electron chi connectivity index (χ1n) is 8.06. The van der Waals surface area contributed by atoms with Gasteiger partial charge in [0.15, 0.2) is 0 Å². The van der Waals surface area contributed by atoms with Gasteiger partial charge in [-0.15, -0.1) is 0 Å². The van der Waals surface area contributed by atoms with Gasteiger partial charge in [-0.25, -0.2) is 0 Å². The maximum atomic E-state index is 12.7. The topological polar surface area (TPSA) is 51.1 Å². The third kappa shape index (κ3) is 3.08. The maximum Gasteiger partial charge on any atom is 0.257 e. The van der Waals surface area contributed by atoms with Crippen molar-refractivity contribution in [1.29, 1.82) is 0 Å². The van der Waals surface area contributed by atoms with Crippen molar-refractivity contribution in [2.45, 2.75) is 26.9 Å². The summed E-state index contributed by atoms with van der Waals surface area (Å²) >= 11 is 0. The molecule has 1 N–H and O–H groups in total. The largest absolute Gasteiger partial charge is 0.348 e. The third-order valence-electron chi connectivity index (χ3n) is 4.12. The minimum Gasteiger partial charge on any atom is -0.348 e. The van der Waals surface area contributed by atoms with Gasteiger partial charge in [0.2, 0.25) is 5.43 Å². The Morgan fingerprint density at radius 1 is 1.12 bits per heavy atom. The fraction of sp³-hybridized carbons (Fsp3) is 0.200. The van der Waals surface area contributed by atoms with E-state index in [0.717, 1.165) is 16.6 Å². The number of benzene rings is 2. The van der Waals surface area contributed by atoms with Crippen LogP contribution in [0.4, 0.5) is 0 Å². The first-order chi connectivity index (χ1) is 11.6. The summed E-state index contributed by atoms with van der Waals surface area (Å²) < 4.78 is 1.94. The minimum absolute atomic E-state index is 0.186. The maximum absolute atomic E-state index is 12.7. The molecule has 1 aromatic heterocycles. The van der Waals surface area contributed by atoms with Crippen LogP contribution < -0.4 is 10.7 Å². The highest BCUT2D eigenvalue weighted by Crippen LogP contribution is 2.14. The van der Waals surface area contributed by atoms with Crippen LogP contribution in [0.25, 0.3) is 10.9 Å². The molecule has 3 aromatic rings. The number of rotatable bonds is 4. The Morgan fingerprint density at radius 3 is 2.58 bits per heavy atom. The molecular weight excluding hydrogens is 300 g/mol. The van der Waals surface area contributed by atoms with E-state index in [-0.39, 0.29) is 16.9 Å². The van der Waals surface area contributed by atoms with Crippen LogP contribution in [0.1, 0.15) is 28.4 Å². The zero-order valence-corrected chi connectivity index (χ0v) is 13.9. The molecule has 4 nitrogen and oxygen atoms in total. The lowest BCUT2D eigenvalue weighted by molar-refractivity contribution is 0.0949. The second-order valence-electron chi connectivity index (χ2n) is 5.85. The van der Waals surface area contributed by atoms with Crippen molar-refractivity contribution in [3.8, 4) is 0 Å². The number of hydrogen-bond donors (Lipinski definition) is 1. The number of hydrogen-bond acceptors (Lipinski definition) is 2. The van der Waals surface area contributed by atoms with Crippen LogP contribution in [-0.2, 0) is 13.1 Å². The first kappa shape index (κ1) is 16.0. The molecule has 1 amide bonds. The number of pyridine rings is 1. The van der Waals surface area contributed by atoms with E-state index in [1.807, 2.05) is 66.9 Å². The van der Waals surface area contributed by atoms with Gasteiger partial charge in [-0.1, -0.05) is 42.0 Å². The summed E-state index contributed by atoms with van der Waals surface area (Å²) in [5, 5.41) is 3.42. The van der Waals surface area contributed by atoms with Gasteiger partial charge in [-0.3, -0.25) is 9.59 Å². The standard InChI is InChI=1S/C20H20N2O2/c1-3-22-13-17(19(23)16-11-14(2)9-10-18(16)22)20(24)21-12-15-7-5-4-6-8-15/h4-11,13H,3,12H2,1-2H3,(H,21,24). The number of aromatic nitrogens is 1. The Balaban J connectivity index is 1.98. The second-order valence-corrected chi connectivity index (χ2v) is 5.85. The van der Waals surface area contributed by atoms with Crippen LogP contribution >= 0.6 is 0 Å². The highest BCUT2D eigenvalue weighted by Gasteiger charge is 2.15. The summed E-state index contributed by atoms with van der Waals surface area (Å²) in [6, 6.07) is 15.4. The van der Waals surface area contributed by atoms with Crippen molar-refractivity contribution >= 4 is 16.8 Å². The van der Waals surface area contributed by atoms with Gasteiger partial charge in [0.1, 0.15) is 5.56 Å². The molecule has 2 aromatic carbocycles. The molecule has 0 saturated carbocycles. The Hall–Kier alpha value is -2.88. The summed E-state index contributed by atoms with van der Waals surface area (Å²) in [5.41, 5.74) is 2.82. The van der Waals surface area contributed by atoms with Gasteiger partial charge in [-0.2, -0.15) is 0 Å². The number of nitrogens with zero attached hydrogens (tertiary/aromatic N) is 1. The van der Waals surface area contributed by atoms with E-state index in [1.54, 1.807) is 6.20 Å². The molecule has 4 heteroatoms. The van der Waals surface area contributed by atoms with Crippen molar-refractivity contribution in [1.82, 2.24) is 9.88 Å². The molecule has 3 rings (SSSR count). The SMILES string of the molecule is CCn1cc(C(=O)NCc2ccccc2)c(=O)c2cc(C)ccc21. The van der Waals surface area contributed by atoms with E-state index in [2.05, 4.69) is 5.32 Å². The molecule has 24 heavy (non-hydrogen) atoms. The summed E-state index contributed by atoms with van der Waals surface area (Å²) in [6.07, 6.45) is 1.65. The molecule has 0 atom stereocenters. The van der Waals surface area contributed by atoms with Gasteiger partial charge >= 0.3 is 0 Å². The molecule has 0 saturated heterocycles. The van der Waals surface area contributed by atoms with Gasteiger partial charge in [0.25, 0.3) is 5.91 Å². The Labute approximate surface area is 140 Å². The molecule has 0 aliphatic heterocycles. The van der Waals surface area contributed by atoms with Crippen LogP contribution in [-0.4, -0.2) is 10.5 Å². The van der Waals surface area contributed by atoms with Crippen molar-refractivity contribution in [2.24, 2.45) is 0 Å². The van der Waals surface area contributed by atoms with Crippen LogP contribution in [0.2, 0.25) is 0 Å². The van der Waals surface area contributed by atoms with Gasteiger partial charge in [0.05, 0.1) is 5.52 Å². The smallest absolute Gasteiger partial charge is 0.257 e. The second kappa shape index (κ2) is 6.71. The summed E-state index contributed by atoms with van der Waals surface area (Å²) in [7, 11) is 0. The number of amides is 1. The van der Waals surface area contributed by atoms with Gasteiger partial charge in [0, 0.05) is 24.7 Å². The first-order valence-corrected chi connectivity index (χ1v) is 8.06. The molecule has 0 fully saturated rings. The molecule has 122 valence electrons. The zero-order valence-electron chi connectivity index (χ0n) is 13.9. The zero-order chi connectivity index (χ0) is 17.1. The normalized spacial score (nSPS) is 10.8. The monoisotopic (exact) mass is 320 g/mol. The van der Waals surface area contributed by atoms with Crippen LogP contribution in [0, 0.1) is 6.92 Å². The van der Waals surface area contributed by atoms with Crippen molar-refractivity contribution in [3.05, 3.63) is 81.6 Å². The van der Waals surface area contributed by atoms with E-state index >= 15 is 0 Å². The van der Waals surface area contributed by atoms with Gasteiger partial charge < -0.3 is 9.88 Å². The number of carbonyl (C=O) groups is 1. The van der Waals surface area contributed by atoms with Crippen LogP contribution in [0.15, 0.2) is 59.5 Å². The summed E-state index contributed by atoms with van der Waals surface area (Å²) in [4.78, 5) is 25.2. The Kier molecular flexibility index (Phi) is 4.47. The van der Waals surface area contributed by atoms with Crippen molar-refractivity contribution in [3.63, 3.8) is 0 Å². The molecule has 0 bridgehead atoms. The molecule has 0 aliphatic carbocycles. The van der Waals surface area contributed by atoms with E-state index in [9.17, 15) is 9.59 Å². The average Bonchev–Trinajstić information content (AvgIpc) is 2.61. The van der Waals surface area contributed by atoms with E-state index in [1.165, 1.54) is 0 Å². The Bertz CT molecular complexity index is 943. The lowest BCUT2D eigenvalue weighted by Crippen LogP contribution is -2.29. The van der Waals surface area contributed by atoms with Crippen LogP contribution in [0.5, 0.6) is 0 Å². The Morgan fingerprint density at radius 2 is 1.88 bits per heavy atom. The predicted octanol–water partition coefficient (Wildman–Crippen LogP) is 3.26. The highest BCUT2D eigenvalue weighted by molar-refractivity contribution is 5.97. The van der Waals surface area contributed by atoms with E-state index in [4.69, 9.17) is 0 Å². The highest BCUT2D eigenvalue weighted by atomic mass is 16.2. The molecule has 0 radical (unpaired) electrons. The van der Waals surface area contributed by atoms with Crippen molar-refractivity contribution in [2.75, 3.05) is 0 Å². The summed E-state index contributed by atoms with van der Waals surface area (Å²) in [6.45, 7) is 5.03. The fourth-order valence-electron chi connectivity index (χ4n) is 2.81. The predicted molar refractivity (Wildman–Crippen MR) is 96.2 cm³/mol. The number of fused-ring (bicyclic) bond motifs is 1. The van der Waals surface area contributed by atoms with E-state index < -0.39 is 0 Å². The number of carbonyl (C=O) groups excluding carboxylic acids is 1. The fourth-order valence-corrected chi connectivity index (χ4v) is 2.81. The van der Waals surface area contributed by atoms with Crippen LogP contribution in [0.3, 0.4) is 0 Å². The van der Waals surface area contributed by atoms with Gasteiger partial charge in [-0.05, 0) is 31.5 Å². The quantitative estimate of drug-likeness (QED) is 0.802. The summed E-state index contributed by atoms with van der Waals surface area (Å²) in [5.74, 6) is -0.338. The average molecular weight is 320 g/mol. The molecule has 1 heterocycles. The lowest BCUT2D eigenvalue weighted by Gasteiger charge is -2.12. The molecule has 0 spiro atoms.